The van der Waals surface area contributed by atoms with Gasteiger partial charge in [0.1, 0.15) is 0 Å². The maximum atomic E-state index is 12.7. The molecule has 2 saturated carbocycles. The van der Waals surface area contributed by atoms with E-state index in [0.29, 0.717) is 55.5 Å². The lowest BCUT2D eigenvalue weighted by Gasteiger charge is -2.11. The molecule has 0 aromatic heterocycles. The third kappa shape index (κ3) is 13.9. The molecule has 0 aliphatic heterocycles. The zero-order chi connectivity index (χ0) is 48.2. The van der Waals surface area contributed by atoms with Gasteiger partial charge in [-0.1, -0.05) is 83.9 Å². The van der Waals surface area contributed by atoms with Crippen molar-refractivity contribution >= 4 is 70.0 Å². The number of nitrogens with one attached hydrogen (secondary N) is 6. The first-order chi connectivity index (χ1) is 32.8. The molecule has 14 heteroatoms. The van der Waals surface area contributed by atoms with Gasteiger partial charge >= 0.3 is 0 Å². The molecule has 2 aliphatic rings. The van der Waals surface area contributed by atoms with Crippen molar-refractivity contribution in [3.8, 4) is 22.3 Å². The van der Waals surface area contributed by atoms with E-state index < -0.39 is 0 Å². The SMILES string of the molecule is Cc1ccc(C(=O)NCC(=O)Nc2ccccc2Cl)cc1-c1ccc(C(=O)NCC2CC2)cc1.Cc1ccc(C(=O)NCC(=O)Nc2ccccc2Cl)cc1-c1ccc(C(=O)NCC2CC2)cc1. The van der Waals surface area contributed by atoms with E-state index in [2.05, 4.69) is 31.9 Å². The van der Waals surface area contributed by atoms with Gasteiger partial charge in [0.05, 0.1) is 34.5 Å². The number of halogens is 2. The van der Waals surface area contributed by atoms with Crippen molar-refractivity contribution in [2.75, 3.05) is 36.8 Å². The molecule has 6 aromatic rings. The van der Waals surface area contributed by atoms with Crippen molar-refractivity contribution in [2.24, 2.45) is 11.8 Å². The number of anilines is 2. The Morgan fingerprint density at radius 2 is 0.779 bits per heavy atom. The quantitative estimate of drug-likeness (QED) is 0.0564. The molecule has 2 aliphatic carbocycles. The Morgan fingerprint density at radius 3 is 1.13 bits per heavy atom. The summed E-state index contributed by atoms with van der Waals surface area (Å²) in [5.41, 5.74) is 8.67. The van der Waals surface area contributed by atoms with Gasteiger partial charge in [-0.15, -0.1) is 0 Å². The van der Waals surface area contributed by atoms with Gasteiger partial charge in [0.15, 0.2) is 0 Å². The van der Waals surface area contributed by atoms with Crippen LogP contribution >= 0.6 is 23.2 Å². The van der Waals surface area contributed by atoms with Gasteiger partial charge < -0.3 is 31.9 Å². The largest absolute Gasteiger partial charge is 0.352 e. The summed E-state index contributed by atoms with van der Waals surface area (Å²) in [6, 6.07) is 39.3. The van der Waals surface area contributed by atoms with Gasteiger partial charge in [0.2, 0.25) is 11.8 Å². The predicted molar refractivity (Wildman–Crippen MR) is 268 cm³/mol. The number of rotatable bonds is 16. The summed E-state index contributed by atoms with van der Waals surface area (Å²) in [6.07, 6.45) is 4.76. The van der Waals surface area contributed by atoms with E-state index in [-0.39, 0.29) is 48.5 Å². The molecule has 0 heterocycles. The van der Waals surface area contributed by atoms with Crippen LogP contribution in [-0.4, -0.2) is 61.6 Å². The summed E-state index contributed by atoms with van der Waals surface area (Å²) < 4.78 is 0. The summed E-state index contributed by atoms with van der Waals surface area (Å²) in [5.74, 6) is -0.340. The topological polar surface area (TPSA) is 175 Å². The first-order valence-corrected chi connectivity index (χ1v) is 23.2. The highest BCUT2D eigenvalue weighted by Gasteiger charge is 2.23. The van der Waals surface area contributed by atoms with E-state index in [9.17, 15) is 28.8 Å². The Bertz CT molecular complexity index is 2630. The highest BCUT2D eigenvalue weighted by atomic mass is 35.5. The highest BCUT2D eigenvalue weighted by Crippen LogP contribution is 2.30. The molecular formula is C54H52Cl2N6O6. The lowest BCUT2D eigenvalue weighted by atomic mass is 9.97. The van der Waals surface area contributed by atoms with Crippen molar-refractivity contribution in [3.63, 3.8) is 0 Å². The highest BCUT2D eigenvalue weighted by molar-refractivity contribution is 6.34. The zero-order valence-corrected chi connectivity index (χ0v) is 39.2. The van der Waals surface area contributed by atoms with Crippen LogP contribution in [0.2, 0.25) is 10.0 Å². The van der Waals surface area contributed by atoms with Crippen LogP contribution in [0.25, 0.3) is 22.3 Å². The predicted octanol–water partition coefficient (Wildman–Crippen LogP) is 9.65. The molecule has 12 nitrogen and oxygen atoms in total. The molecule has 8 rings (SSSR count). The number of hydrogen-bond donors (Lipinski definition) is 6. The Kier molecular flexibility index (Phi) is 16.4. The molecule has 0 saturated heterocycles. The van der Waals surface area contributed by atoms with Gasteiger partial charge in [-0.3, -0.25) is 28.8 Å². The van der Waals surface area contributed by atoms with E-state index in [1.54, 1.807) is 97.1 Å². The van der Waals surface area contributed by atoms with Gasteiger partial charge in [-0.25, -0.2) is 0 Å². The Morgan fingerprint density at radius 1 is 0.441 bits per heavy atom. The van der Waals surface area contributed by atoms with Crippen molar-refractivity contribution < 1.29 is 28.8 Å². The maximum absolute atomic E-state index is 12.7. The summed E-state index contributed by atoms with van der Waals surface area (Å²) in [4.78, 5) is 74.3. The Labute approximate surface area is 405 Å². The molecule has 6 amide bonds. The molecule has 68 heavy (non-hydrogen) atoms. The first-order valence-electron chi connectivity index (χ1n) is 22.4. The van der Waals surface area contributed by atoms with Gasteiger partial charge in [-0.05, 0) is 158 Å². The normalized spacial score (nSPS) is 12.6. The van der Waals surface area contributed by atoms with Crippen molar-refractivity contribution in [3.05, 3.63) is 177 Å². The van der Waals surface area contributed by atoms with Gasteiger partial charge in [0.25, 0.3) is 23.6 Å². The van der Waals surface area contributed by atoms with E-state index in [0.717, 1.165) is 46.5 Å². The van der Waals surface area contributed by atoms with E-state index in [4.69, 9.17) is 23.2 Å². The number of benzene rings is 6. The van der Waals surface area contributed by atoms with Crippen LogP contribution < -0.4 is 31.9 Å². The summed E-state index contributed by atoms with van der Waals surface area (Å²) >= 11 is 12.1. The molecular weight excluding hydrogens is 900 g/mol. The van der Waals surface area contributed by atoms with Crippen molar-refractivity contribution in [1.82, 2.24) is 21.3 Å². The zero-order valence-electron chi connectivity index (χ0n) is 37.7. The van der Waals surface area contributed by atoms with Crippen molar-refractivity contribution in [1.29, 1.82) is 0 Å². The molecule has 0 radical (unpaired) electrons. The monoisotopic (exact) mass is 950 g/mol. The molecule has 6 aromatic carbocycles. The first kappa shape index (κ1) is 48.6. The minimum Gasteiger partial charge on any atom is -0.352 e. The average Bonchev–Trinajstić information content (AvgIpc) is 4.30. The molecule has 0 atom stereocenters. The standard InChI is InChI=1S/2C27H26ClN3O3/c2*1-17-6-9-21(27(34)30-16-25(32)31-24-5-3-2-4-23(24)28)14-22(17)19-10-12-20(13-11-19)26(33)29-15-18-7-8-18/h2*2-6,9-14,18H,7-8,15-16H2,1H3,(H,29,33)(H,30,34)(H,31,32). The Balaban J connectivity index is 0.000000201. The van der Waals surface area contributed by atoms with Gasteiger partial charge in [0, 0.05) is 35.3 Å². The van der Waals surface area contributed by atoms with Crippen LogP contribution in [0, 0.1) is 25.7 Å². The Hall–Kier alpha value is -7.28. The summed E-state index contributed by atoms with van der Waals surface area (Å²) in [6.45, 7) is 5.02. The molecule has 0 spiro atoms. The minimum absolute atomic E-state index is 0.0710. The van der Waals surface area contributed by atoms with Crippen LogP contribution in [0.15, 0.2) is 133 Å². The molecule has 348 valence electrons. The molecule has 6 N–H and O–H groups in total. The maximum Gasteiger partial charge on any atom is 0.251 e. The number of carbonyl (C=O) groups is 6. The van der Waals surface area contributed by atoms with Crippen molar-refractivity contribution in [2.45, 2.75) is 39.5 Å². The number of carbonyl (C=O) groups excluding carboxylic acids is 6. The van der Waals surface area contributed by atoms with E-state index in [1.807, 2.05) is 50.2 Å². The smallest absolute Gasteiger partial charge is 0.251 e. The summed E-state index contributed by atoms with van der Waals surface area (Å²) in [5, 5.41) is 17.4. The lowest BCUT2D eigenvalue weighted by Crippen LogP contribution is -2.32. The number of aryl methyl sites for hydroxylation is 2. The van der Waals surface area contributed by atoms with Crippen LogP contribution in [0.3, 0.4) is 0 Å². The van der Waals surface area contributed by atoms with E-state index >= 15 is 0 Å². The minimum atomic E-state index is -0.371. The summed E-state index contributed by atoms with van der Waals surface area (Å²) in [7, 11) is 0. The van der Waals surface area contributed by atoms with Gasteiger partial charge in [-0.2, -0.15) is 0 Å². The van der Waals surface area contributed by atoms with Crippen LogP contribution in [0.1, 0.15) is 78.2 Å². The van der Waals surface area contributed by atoms with Crippen LogP contribution in [-0.2, 0) is 9.59 Å². The third-order valence-corrected chi connectivity index (χ3v) is 12.2. The second-order valence-electron chi connectivity index (χ2n) is 16.9. The van der Waals surface area contributed by atoms with E-state index in [1.165, 1.54) is 25.7 Å². The molecule has 0 bridgehead atoms. The fourth-order valence-electron chi connectivity index (χ4n) is 7.11. The second kappa shape index (κ2) is 23.0. The number of hydrogen-bond acceptors (Lipinski definition) is 6. The fraction of sp³-hybridized carbons (Fsp3) is 0.222. The number of amides is 6. The van der Waals surface area contributed by atoms with Crippen LogP contribution in [0.5, 0.6) is 0 Å². The fourth-order valence-corrected chi connectivity index (χ4v) is 7.48. The molecule has 0 unspecified atom stereocenters. The third-order valence-electron chi connectivity index (χ3n) is 11.5. The average molecular weight is 952 g/mol. The number of para-hydroxylation sites is 2. The molecule has 2 fully saturated rings. The van der Waals surface area contributed by atoms with Crippen LogP contribution in [0.4, 0.5) is 11.4 Å². The second-order valence-corrected chi connectivity index (χ2v) is 17.8. The lowest BCUT2D eigenvalue weighted by molar-refractivity contribution is -0.116.